The predicted octanol–water partition coefficient (Wildman–Crippen LogP) is 2.96. The Morgan fingerprint density at radius 2 is 2.29 bits per heavy atom. The summed E-state index contributed by atoms with van der Waals surface area (Å²) < 4.78 is 0. The third kappa shape index (κ3) is 0.687. The summed E-state index contributed by atoms with van der Waals surface area (Å²) in [5, 5.41) is 0. The van der Waals surface area contributed by atoms with Gasteiger partial charge in [0.15, 0.2) is 0 Å². The molecule has 1 nitrogen and oxygen atoms in total. The third-order valence-corrected chi connectivity index (χ3v) is 5.39. The lowest BCUT2D eigenvalue weighted by molar-refractivity contribution is -0.125. The van der Waals surface area contributed by atoms with Crippen molar-refractivity contribution in [1.29, 1.82) is 0 Å². The third-order valence-electron chi connectivity index (χ3n) is 5.39. The van der Waals surface area contributed by atoms with Crippen molar-refractivity contribution in [2.45, 2.75) is 39.5 Å². The van der Waals surface area contributed by atoms with E-state index >= 15 is 0 Å². The Morgan fingerprint density at radius 3 is 3.07 bits per heavy atom. The van der Waals surface area contributed by atoms with Gasteiger partial charge in [-0.25, -0.2) is 0 Å². The van der Waals surface area contributed by atoms with Crippen molar-refractivity contribution in [3.8, 4) is 0 Å². The number of allylic oxidation sites excluding steroid dienone is 2. The summed E-state index contributed by atoms with van der Waals surface area (Å²) in [5.41, 5.74) is 0.242. The molecule has 3 aliphatic carbocycles. The molecule has 76 valence electrons. The molecular formula is C13H18O. The molecule has 4 unspecified atom stereocenters. The van der Waals surface area contributed by atoms with Crippen molar-refractivity contribution in [3.63, 3.8) is 0 Å². The lowest BCUT2D eigenvalue weighted by Crippen LogP contribution is -2.35. The smallest absolute Gasteiger partial charge is 0.143 e. The van der Waals surface area contributed by atoms with Crippen LogP contribution in [-0.2, 0) is 4.79 Å². The second kappa shape index (κ2) is 2.32. The Balaban J connectivity index is 2.13. The molecule has 0 N–H and O–H groups in total. The summed E-state index contributed by atoms with van der Waals surface area (Å²) in [5.74, 6) is 1.94. The maximum atomic E-state index is 12.1. The van der Waals surface area contributed by atoms with Gasteiger partial charge in [-0.05, 0) is 43.4 Å². The SMILES string of the molecule is CC1CCC23CC=CC2(C)C(=O)CC13. The molecule has 0 aliphatic heterocycles. The molecule has 0 aromatic carbocycles. The zero-order valence-corrected chi connectivity index (χ0v) is 9.05. The topological polar surface area (TPSA) is 17.1 Å². The molecule has 3 rings (SSSR count). The molecule has 0 radical (unpaired) electrons. The normalized spacial score (nSPS) is 55.1. The van der Waals surface area contributed by atoms with Crippen LogP contribution in [0.1, 0.15) is 39.5 Å². The van der Waals surface area contributed by atoms with Gasteiger partial charge in [0.2, 0.25) is 0 Å². The fourth-order valence-corrected chi connectivity index (χ4v) is 4.38. The van der Waals surface area contributed by atoms with Crippen molar-refractivity contribution in [1.82, 2.24) is 0 Å². The van der Waals surface area contributed by atoms with Gasteiger partial charge in [0.05, 0.1) is 5.41 Å². The van der Waals surface area contributed by atoms with Crippen LogP contribution in [0, 0.1) is 22.7 Å². The fraction of sp³-hybridized carbons (Fsp3) is 0.769. The molecule has 1 spiro atoms. The van der Waals surface area contributed by atoms with E-state index < -0.39 is 0 Å². The quantitative estimate of drug-likeness (QED) is 0.537. The zero-order chi connectivity index (χ0) is 9.97. The van der Waals surface area contributed by atoms with E-state index in [1.54, 1.807) is 0 Å². The average Bonchev–Trinajstić information content (AvgIpc) is 2.69. The summed E-state index contributed by atoms with van der Waals surface area (Å²) in [6.07, 6.45) is 9.06. The first-order valence-electron chi connectivity index (χ1n) is 5.81. The second-order valence-corrected chi connectivity index (χ2v) is 5.71. The Morgan fingerprint density at radius 1 is 1.50 bits per heavy atom. The van der Waals surface area contributed by atoms with Gasteiger partial charge in [-0.2, -0.15) is 0 Å². The van der Waals surface area contributed by atoms with Crippen LogP contribution in [0.5, 0.6) is 0 Å². The van der Waals surface area contributed by atoms with Crippen LogP contribution in [0.4, 0.5) is 0 Å². The highest BCUT2D eigenvalue weighted by atomic mass is 16.1. The van der Waals surface area contributed by atoms with Gasteiger partial charge in [0, 0.05) is 6.42 Å². The number of hydrogen-bond donors (Lipinski definition) is 0. The number of Topliss-reactive ketones (excluding diaryl/α,β-unsaturated/α-hetero) is 1. The first-order valence-corrected chi connectivity index (χ1v) is 5.81. The van der Waals surface area contributed by atoms with E-state index in [1.807, 2.05) is 0 Å². The number of ketones is 1. The number of carbonyl (C=O) groups is 1. The van der Waals surface area contributed by atoms with Crippen LogP contribution in [-0.4, -0.2) is 5.78 Å². The van der Waals surface area contributed by atoms with Gasteiger partial charge >= 0.3 is 0 Å². The van der Waals surface area contributed by atoms with Crippen LogP contribution in [0.3, 0.4) is 0 Å². The van der Waals surface area contributed by atoms with E-state index in [0.29, 0.717) is 17.1 Å². The van der Waals surface area contributed by atoms with E-state index in [0.717, 1.165) is 18.8 Å². The van der Waals surface area contributed by atoms with Crippen LogP contribution in [0.2, 0.25) is 0 Å². The largest absolute Gasteiger partial charge is 0.299 e. The summed E-state index contributed by atoms with van der Waals surface area (Å²) >= 11 is 0. The van der Waals surface area contributed by atoms with Crippen molar-refractivity contribution in [2.75, 3.05) is 0 Å². The van der Waals surface area contributed by atoms with Crippen LogP contribution < -0.4 is 0 Å². The number of hydrogen-bond acceptors (Lipinski definition) is 1. The Hall–Kier alpha value is -0.590. The number of rotatable bonds is 0. The van der Waals surface area contributed by atoms with E-state index in [4.69, 9.17) is 0 Å². The molecule has 3 aliphatic rings. The van der Waals surface area contributed by atoms with Crippen LogP contribution in [0.15, 0.2) is 12.2 Å². The highest BCUT2D eigenvalue weighted by molar-refractivity contribution is 5.91. The summed E-state index contributed by atoms with van der Waals surface area (Å²) in [7, 11) is 0. The van der Waals surface area contributed by atoms with Crippen LogP contribution in [0.25, 0.3) is 0 Å². The molecular weight excluding hydrogens is 172 g/mol. The minimum absolute atomic E-state index is 0.0948. The number of carbonyl (C=O) groups excluding carboxylic acids is 1. The Labute approximate surface area is 85.6 Å². The first kappa shape index (κ1) is 8.70. The van der Waals surface area contributed by atoms with Gasteiger partial charge < -0.3 is 0 Å². The van der Waals surface area contributed by atoms with Gasteiger partial charge in [-0.3, -0.25) is 4.79 Å². The molecule has 0 heterocycles. The molecule has 2 saturated carbocycles. The fourth-order valence-electron chi connectivity index (χ4n) is 4.38. The highest BCUT2D eigenvalue weighted by Gasteiger charge is 2.65. The second-order valence-electron chi connectivity index (χ2n) is 5.71. The maximum Gasteiger partial charge on any atom is 0.143 e. The van der Waals surface area contributed by atoms with Crippen molar-refractivity contribution in [3.05, 3.63) is 12.2 Å². The average molecular weight is 190 g/mol. The van der Waals surface area contributed by atoms with Crippen molar-refractivity contribution < 1.29 is 4.79 Å². The van der Waals surface area contributed by atoms with E-state index in [1.165, 1.54) is 12.8 Å². The van der Waals surface area contributed by atoms with Gasteiger partial charge in [-0.1, -0.05) is 19.1 Å². The monoisotopic (exact) mass is 190 g/mol. The Kier molecular flexibility index (Phi) is 1.44. The minimum Gasteiger partial charge on any atom is -0.299 e. The lowest BCUT2D eigenvalue weighted by Gasteiger charge is -2.36. The van der Waals surface area contributed by atoms with Gasteiger partial charge in [-0.15, -0.1) is 0 Å². The molecule has 4 atom stereocenters. The molecule has 0 aromatic rings. The van der Waals surface area contributed by atoms with Gasteiger partial charge in [0.1, 0.15) is 5.78 Å². The van der Waals surface area contributed by atoms with E-state index in [-0.39, 0.29) is 5.41 Å². The summed E-state index contributed by atoms with van der Waals surface area (Å²) in [6.45, 7) is 4.51. The summed E-state index contributed by atoms with van der Waals surface area (Å²) in [4.78, 5) is 12.1. The van der Waals surface area contributed by atoms with Crippen molar-refractivity contribution in [2.24, 2.45) is 22.7 Å². The molecule has 0 aromatic heterocycles. The van der Waals surface area contributed by atoms with E-state index in [2.05, 4.69) is 26.0 Å². The maximum absolute atomic E-state index is 12.1. The molecule has 14 heavy (non-hydrogen) atoms. The molecule has 0 saturated heterocycles. The molecule has 1 heteroatoms. The first-order chi connectivity index (χ1) is 6.60. The van der Waals surface area contributed by atoms with Gasteiger partial charge in [0.25, 0.3) is 0 Å². The lowest BCUT2D eigenvalue weighted by atomic mass is 9.65. The zero-order valence-electron chi connectivity index (χ0n) is 9.05. The Bertz CT molecular complexity index is 330. The standard InChI is InChI=1S/C13H18O/c1-9-4-7-13-6-3-5-12(13,2)11(14)8-10(9)13/h3,5,9-10H,4,6-8H2,1-2H3. The molecule has 0 bridgehead atoms. The van der Waals surface area contributed by atoms with Crippen molar-refractivity contribution >= 4 is 5.78 Å². The predicted molar refractivity (Wildman–Crippen MR) is 55.8 cm³/mol. The molecule has 0 amide bonds. The highest BCUT2D eigenvalue weighted by Crippen LogP contribution is 2.68. The summed E-state index contributed by atoms with van der Waals surface area (Å²) in [6, 6.07) is 0. The van der Waals surface area contributed by atoms with E-state index in [9.17, 15) is 4.79 Å². The minimum atomic E-state index is -0.0948. The molecule has 2 fully saturated rings. The van der Waals surface area contributed by atoms with Crippen LogP contribution >= 0.6 is 0 Å².